The summed E-state index contributed by atoms with van der Waals surface area (Å²) in [4.78, 5) is 44.1. The van der Waals surface area contributed by atoms with Crippen LogP contribution in [0.3, 0.4) is 0 Å². The zero-order chi connectivity index (χ0) is 25.1. The highest BCUT2D eigenvalue weighted by Crippen LogP contribution is 2.34. The second-order valence-electron chi connectivity index (χ2n) is 8.17. The molecule has 3 heterocycles. The van der Waals surface area contributed by atoms with Crippen molar-refractivity contribution in [3.05, 3.63) is 62.0 Å². The SMILES string of the molecule is CC(C)CCn1c(SCC(=O)Nc2cc(Cl)ccc2C(=O)O)nc2scc(-c3cccs3)c2c1=O. The Morgan fingerprint density at radius 1 is 1.26 bits per heavy atom. The van der Waals surface area contributed by atoms with Gasteiger partial charge in [0.1, 0.15) is 4.83 Å². The molecule has 0 aliphatic heterocycles. The van der Waals surface area contributed by atoms with Gasteiger partial charge in [-0.15, -0.1) is 22.7 Å². The zero-order valence-corrected chi connectivity index (χ0v) is 22.1. The number of aromatic carboxylic acids is 1. The molecule has 2 N–H and O–H groups in total. The van der Waals surface area contributed by atoms with Crippen LogP contribution in [0.15, 0.2) is 51.0 Å². The van der Waals surface area contributed by atoms with Crippen LogP contribution in [0.4, 0.5) is 5.69 Å². The van der Waals surface area contributed by atoms with Crippen LogP contribution >= 0.6 is 46.0 Å². The number of carbonyl (C=O) groups excluding carboxylic acids is 1. The largest absolute Gasteiger partial charge is 0.478 e. The first kappa shape index (κ1) is 25.4. The molecule has 0 aliphatic carbocycles. The molecule has 3 aromatic heterocycles. The number of aromatic nitrogens is 2. The lowest BCUT2D eigenvalue weighted by molar-refractivity contribution is -0.113. The van der Waals surface area contributed by atoms with Crippen LogP contribution in [0, 0.1) is 5.92 Å². The van der Waals surface area contributed by atoms with E-state index in [2.05, 4.69) is 19.2 Å². The summed E-state index contributed by atoms with van der Waals surface area (Å²) in [5.74, 6) is -1.25. The summed E-state index contributed by atoms with van der Waals surface area (Å²) in [5, 5.41) is 17.3. The molecule has 4 rings (SSSR count). The summed E-state index contributed by atoms with van der Waals surface area (Å²) in [7, 11) is 0. The van der Waals surface area contributed by atoms with Crippen molar-refractivity contribution in [1.29, 1.82) is 0 Å². The standard InChI is InChI=1S/C24H22ClN3O4S3/c1-13(2)7-8-28-22(30)20-16(18-4-3-9-33-18)11-34-21(20)27-24(28)35-12-19(29)26-17-10-14(25)5-6-15(17)23(31)32/h3-6,9-11,13H,7-8,12H2,1-2H3,(H,26,29)(H,31,32). The van der Waals surface area contributed by atoms with Crippen molar-refractivity contribution in [3.8, 4) is 10.4 Å². The molecule has 1 aromatic carbocycles. The summed E-state index contributed by atoms with van der Waals surface area (Å²) in [5.41, 5.74) is 0.828. The number of thiophene rings is 2. The number of thioether (sulfide) groups is 1. The Bertz CT molecular complexity index is 1440. The van der Waals surface area contributed by atoms with E-state index in [9.17, 15) is 19.5 Å². The van der Waals surface area contributed by atoms with Gasteiger partial charge in [0.2, 0.25) is 5.91 Å². The van der Waals surface area contributed by atoms with Gasteiger partial charge < -0.3 is 10.4 Å². The first-order chi connectivity index (χ1) is 16.7. The van der Waals surface area contributed by atoms with Crippen LogP contribution in [-0.4, -0.2) is 32.3 Å². The molecule has 0 unspecified atom stereocenters. The number of nitrogens with one attached hydrogen (secondary N) is 1. The minimum Gasteiger partial charge on any atom is -0.478 e. The zero-order valence-electron chi connectivity index (χ0n) is 18.9. The van der Waals surface area contributed by atoms with Gasteiger partial charge in [0.15, 0.2) is 5.16 Å². The summed E-state index contributed by atoms with van der Waals surface area (Å²) < 4.78 is 1.65. The predicted molar refractivity (Wildman–Crippen MR) is 144 cm³/mol. The highest BCUT2D eigenvalue weighted by Gasteiger charge is 2.19. The quantitative estimate of drug-likeness (QED) is 0.188. The third-order valence-electron chi connectivity index (χ3n) is 5.19. The predicted octanol–water partition coefficient (Wildman–Crippen LogP) is 6.32. The molecule has 0 spiro atoms. The van der Waals surface area contributed by atoms with Crippen molar-refractivity contribution in [1.82, 2.24) is 9.55 Å². The van der Waals surface area contributed by atoms with E-state index in [0.717, 1.165) is 28.6 Å². The lowest BCUT2D eigenvalue weighted by atomic mass is 10.1. The number of rotatable bonds is 9. The maximum absolute atomic E-state index is 13.6. The average molecular weight is 548 g/mol. The number of carbonyl (C=O) groups is 2. The van der Waals surface area contributed by atoms with E-state index in [1.54, 1.807) is 15.9 Å². The number of fused-ring (bicyclic) bond motifs is 1. The van der Waals surface area contributed by atoms with Gasteiger partial charge >= 0.3 is 5.97 Å². The Hall–Kier alpha value is -2.66. The monoisotopic (exact) mass is 547 g/mol. The first-order valence-electron chi connectivity index (χ1n) is 10.8. The van der Waals surface area contributed by atoms with Gasteiger partial charge in [-0.25, -0.2) is 9.78 Å². The van der Waals surface area contributed by atoms with E-state index in [1.165, 1.54) is 29.5 Å². The maximum atomic E-state index is 13.6. The summed E-state index contributed by atoms with van der Waals surface area (Å²) in [6, 6.07) is 8.13. The Kier molecular flexibility index (Phi) is 7.95. The fourth-order valence-corrected chi connectivity index (χ4v) is 6.24. The highest BCUT2D eigenvalue weighted by atomic mass is 35.5. The molecule has 35 heavy (non-hydrogen) atoms. The normalized spacial score (nSPS) is 11.3. The van der Waals surface area contributed by atoms with Crippen molar-refractivity contribution >= 4 is 73.8 Å². The molecule has 0 saturated heterocycles. The molecule has 7 nitrogen and oxygen atoms in total. The Balaban J connectivity index is 1.63. The summed E-state index contributed by atoms with van der Waals surface area (Å²) >= 11 is 10.1. The van der Waals surface area contributed by atoms with Crippen LogP contribution in [0.1, 0.15) is 30.6 Å². The maximum Gasteiger partial charge on any atom is 0.337 e. The molecule has 0 bridgehead atoms. The van der Waals surface area contributed by atoms with Crippen LogP contribution in [0.25, 0.3) is 20.7 Å². The highest BCUT2D eigenvalue weighted by molar-refractivity contribution is 7.99. The molecule has 1 amide bonds. The molecule has 0 radical (unpaired) electrons. The Morgan fingerprint density at radius 3 is 2.74 bits per heavy atom. The van der Waals surface area contributed by atoms with Crippen LogP contribution < -0.4 is 10.9 Å². The molecule has 11 heteroatoms. The van der Waals surface area contributed by atoms with E-state index < -0.39 is 11.9 Å². The van der Waals surface area contributed by atoms with E-state index in [4.69, 9.17) is 16.6 Å². The van der Waals surface area contributed by atoms with E-state index in [0.29, 0.717) is 32.9 Å². The van der Waals surface area contributed by atoms with Gasteiger partial charge in [-0.2, -0.15) is 0 Å². The van der Waals surface area contributed by atoms with Crippen LogP contribution in [0.2, 0.25) is 5.02 Å². The fourth-order valence-electron chi connectivity index (χ4n) is 3.44. The third-order valence-corrected chi connectivity index (χ3v) is 8.18. The van der Waals surface area contributed by atoms with Gasteiger partial charge in [-0.3, -0.25) is 14.2 Å². The number of halogens is 1. The fraction of sp³-hybridized carbons (Fsp3) is 0.250. The number of hydrogen-bond acceptors (Lipinski definition) is 7. The molecule has 0 saturated carbocycles. The molecule has 4 aromatic rings. The minimum absolute atomic E-state index is 0.0473. The van der Waals surface area contributed by atoms with Gasteiger partial charge in [0, 0.05) is 27.4 Å². The van der Waals surface area contributed by atoms with Gasteiger partial charge in [0.25, 0.3) is 5.56 Å². The number of carboxylic acid groups (broad SMARTS) is 1. The van der Waals surface area contributed by atoms with Crippen molar-refractivity contribution in [2.24, 2.45) is 5.92 Å². The smallest absolute Gasteiger partial charge is 0.337 e. The number of carboxylic acids is 1. The summed E-state index contributed by atoms with van der Waals surface area (Å²) in [6.45, 7) is 4.66. The second-order valence-corrected chi connectivity index (χ2v) is 11.4. The van der Waals surface area contributed by atoms with Gasteiger partial charge in [0.05, 0.1) is 22.4 Å². The Morgan fingerprint density at radius 2 is 2.06 bits per heavy atom. The average Bonchev–Trinajstić information content (AvgIpc) is 3.46. The van der Waals surface area contributed by atoms with E-state index in [1.807, 2.05) is 22.9 Å². The van der Waals surface area contributed by atoms with Crippen molar-refractivity contribution in [2.75, 3.05) is 11.1 Å². The second kappa shape index (κ2) is 10.9. The van der Waals surface area contributed by atoms with Crippen LogP contribution in [-0.2, 0) is 11.3 Å². The lowest BCUT2D eigenvalue weighted by Crippen LogP contribution is -2.25. The molecular formula is C24H22ClN3O4S3. The number of anilines is 1. The topological polar surface area (TPSA) is 101 Å². The van der Waals surface area contributed by atoms with E-state index >= 15 is 0 Å². The number of hydrogen-bond donors (Lipinski definition) is 2. The minimum atomic E-state index is -1.17. The molecule has 0 fully saturated rings. The molecule has 182 valence electrons. The number of benzene rings is 1. The van der Waals surface area contributed by atoms with Crippen LogP contribution in [0.5, 0.6) is 0 Å². The van der Waals surface area contributed by atoms with E-state index in [-0.39, 0.29) is 22.6 Å². The van der Waals surface area contributed by atoms with Crippen molar-refractivity contribution in [3.63, 3.8) is 0 Å². The number of amides is 1. The number of nitrogens with zero attached hydrogens (tertiary/aromatic N) is 2. The Labute approximate surface area is 218 Å². The first-order valence-corrected chi connectivity index (χ1v) is 13.9. The van der Waals surface area contributed by atoms with Gasteiger partial charge in [-0.05, 0) is 42.0 Å². The molecule has 0 atom stereocenters. The third kappa shape index (κ3) is 5.78. The molecule has 0 aliphatic rings. The van der Waals surface area contributed by atoms with Crippen molar-refractivity contribution in [2.45, 2.75) is 32.0 Å². The lowest BCUT2D eigenvalue weighted by Gasteiger charge is -2.14. The summed E-state index contributed by atoms with van der Waals surface area (Å²) in [6.07, 6.45) is 0.788. The van der Waals surface area contributed by atoms with Crippen molar-refractivity contribution < 1.29 is 14.7 Å². The molecular weight excluding hydrogens is 526 g/mol. The van der Waals surface area contributed by atoms with Gasteiger partial charge in [-0.1, -0.05) is 43.3 Å².